The molecule has 0 aliphatic carbocycles. The molecule has 114 valence electrons. The number of ether oxygens (including phenoxy) is 2. The minimum Gasteiger partial charge on any atom is -0.508 e. The molecule has 2 N–H and O–H groups in total. The monoisotopic (exact) mass is 300 g/mol. The van der Waals surface area contributed by atoms with Crippen molar-refractivity contribution in [2.24, 2.45) is 0 Å². The van der Waals surface area contributed by atoms with E-state index in [9.17, 15) is 15.0 Å². The molecule has 2 rings (SSSR count). The third-order valence-electron chi connectivity index (χ3n) is 3.15. The first-order valence-corrected chi connectivity index (χ1v) is 6.51. The molecule has 0 spiro atoms. The minimum absolute atomic E-state index is 0.0763. The second-order valence-corrected chi connectivity index (χ2v) is 4.52. The molecule has 5 nitrogen and oxygen atoms in total. The van der Waals surface area contributed by atoms with Gasteiger partial charge < -0.3 is 19.7 Å². The van der Waals surface area contributed by atoms with E-state index in [1.54, 1.807) is 30.3 Å². The summed E-state index contributed by atoms with van der Waals surface area (Å²) in [6, 6.07) is 11.1. The maximum absolute atomic E-state index is 11.5. The molecule has 2 aromatic rings. The number of hydrogen-bond donors (Lipinski definition) is 2. The van der Waals surface area contributed by atoms with Crippen molar-refractivity contribution >= 4 is 17.6 Å². The Bertz CT molecular complexity index is 701. The van der Waals surface area contributed by atoms with Crippen molar-refractivity contribution in [2.45, 2.75) is 0 Å². The number of carboxylic acids is 1. The highest BCUT2D eigenvalue weighted by molar-refractivity contribution is 6.20. The molecule has 0 aromatic heterocycles. The maximum Gasteiger partial charge on any atom is 0.336 e. The molecule has 0 bridgehead atoms. The lowest BCUT2D eigenvalue weighted by atomic mass is 10.0. The van der Waals surface area contributed by atoms with Gasteiger partial charge >= 0.3 is 5.97 Å². The van der Waals surface area contributed by atoms with Crippen molar-refractivity contribution in [3.63, 3.8) is 0 Å². The van der Waals surface area contributed by atoms with E-state index in [0.29, 0.717) is 22.6 Å². The van der Waals surface area contributed by atoms with Gasteiger partial charge in [-0.3, -0.25) is 0 Å². The minimum atomic E-state index is -1.07. The van der Waals surface area contributed by atoms with Crippen LogP contribution in [0.1, 0.15) is 11.1 Å². The summed E-state index contributed by atoms with van der Waals surface area (Å²) in [5, 5.41) is 18.8. The van der Waals surface area contributed by atoms with Gasteiger partial charge in [-0.15, -0.1) is 0 Å². The normalized spacial score (nSPS) is 11.1. The number of rotatable bonds is 5. The zero-order chi connectivity index (χ0) is 16.1. The molecule has 0 aliphatic rings. The summed E-state index contributed by atoms with van der Waals surface area (Å²) in [7, 11) is 3.05. The van der Waals surface area contributed by atoms with Gasteiger partial charge in [0.15, 0.2) is 0 Å². The van der Waals surface area contributed by atoms with Crippen LogP contribution in [0.3, 0.4) is 0 Å². The van der Waals surface area contributed by atoms with Gasteiger partial charge in [-0.2, -0.15) is 0 Å². The van der Waals surface area contributed by atoms with E-state index in [4.69, 9.17) is 9.47 Å². The number of carboxylic acid groups (broad SMARTS) is 1. The van der Waals surface area contributed by atoms with Crippen LogP contribution >= 0.6 is 0 Å². The number of carbonyl (C=O) groups is 1. The second-order valence-electron chi connectivity index (χ2n) is 4.52. The molecular weight excluding hydrogens is 284 g/mol. The van der Waals surface area contributed by atoms with Gasteiger partial charge in [0.1, 0.15) is 17.2 Å². The Balaban J connectivity index is 2.55. The van der Waals surface area contributed by atoms with Crippen molar-refractivity contribution in [2.75, 3.05) is 14.2 Å². The van der Waals surface area contributed by atoms with Crippen molar-refractivity contribution in [1.29, 1.82) is 0 Å². The highest BCUT2D eigenvalue weighted by Crippen LogP contribution is 2.29. The van der Waals surface area contributed by atoms with E-state index < -0.39 is 5.97 Å². The van der Waals surface area contributed by atoms with Gasteiger partial charge in [0.05, 0.1) is 19.8 Å². The van der Waals surface area contributed by atoms with E-state index in [1.165, 1.54) is 32.4 Å². The fraction of sp³-hybridized carbons (Fsp3) is 0.118. The summed E-state index contributed by atoms with van der Waals surface area (Å²) in [5.41, 5.74) is 1.16. The molecule has 0 saturated heterocycles. The fourth-order valence-corrected chi connectivity index (χ4v) is 2.02. The Morgan fingerprint density at radius 3 is 2.27 bits per heavy atom. The number of aliphatic carboxylic acids is 1. The van der Waals surface area contributed by atoms with Crippen molar-refractivity contribution in [1.82, 2.24) is 0 Å². The predicted molar refractivity (Wildman–Crippen MR) is 83.2 cm³/mol. The number of hydrogen-bond acceptors (Lipinski definition) is 4. The summed E-state index contributed by atoms with van der Waals surface area (Å²) in [4.78, 5) is 11.5. The first kappa shape index (κ1) is 15.4. The van der Waals surface area contributed by atoms with Crippen molar-refractivity contribution in [3.8, 4) is 17.2 Å². The molecule has 0 atom stereocenters. The van der Waals surface area contributed by atoms with Gasteiger partial charge in [-0.1, -0.05) is 12.1 Å². The van der Waals surface area contributed by atoms with Crippen LogP contribution in [-0.2, 0) is 4.79 Å². The first-order valence-electron chi connectivity index (χ1n) is 6.51. The van der Waals surface area contributed by atoms with E-state index >= 15 is 0 Å². The van der Waals surface area contributed by atoms with Crippen LogP contribution in [0.4, 0.5) is 0 Å². The summed E-state index contributed by atoms with van der Waals surface area (Å²) in [5.74, 6) is 0.142. The Kier molecular flexibility index (Phi) is 4.68. The number of phenols is 1. The average Bonchev–Trinajstić information content (AvgIpc) is 2.53. The number of phenolic OH excluding ortho intramolecular Hbond substituents is 1. The van der Waals surface area contributed by atoms with Gasteiger partial charge in [-0.25, -0.2) is 4.79 Å². The number of aromatic hydroxyl groups is 1. The van der Waals surface area contributed by atoms with Crippen LogP contribution in [0.15, 0.2) is 42.5 Å². The van der Waals surface area contributed by atoms with Crippen LogP contribution in [0, 0.1) is 0 Å². The van der Waals surface area contributed by atoms with E-state index in [0.717, 1.165) is 0 Å². The van der Waals surface area contributed by atoms with Crippen LogP contribution in [-0.4, -0.2) is 30.4 Å². The van der Waals surface area contributed by atoms with Gasteiger partial charge in [0.2, 0.25) is 0 Å². The second kappa shape index (κ2) is 6.67. The fourth-order valence-electron chi connectivity index (χ4n) is 2.02. The smallest absolute Gasteiger partial charge is 0.336 e. The molecule has 0 saturated carbocycles. The number of benzene rings is 2. The lowest BCUT2D eigenvalue weighted by Gasteiger charge is -2.09. The molecule has 0 aliphatic heterocycles. The summed E-state index contributed by atoms with van der Waals surface area (Å²) in [6.45, 7) is 0. The summed E-state index contributed by atoms with van der Waals surface area (Å²) in [6.07, 6.45) is 1.51. The molecule has 0 radical (unpaired) electrons. The molecule has 0 fully saturated rings. The maximum atomic E-state index is 11.5. The largest absolute Gasteiger partial charge is 0.508 e. The lowest BCUT2D eigenvalue weighted by molar-refractivity contribution is -0.130. The topological polar surface area (TPSA) is 76.0 Å². The first-order chi connectivity index (χ1) is 10.5. The van der Waals surface area contributed by atoms with Gasteiger partial charge in [0, 0.05) is 5.56 Å². The lowest BCUT2D eigenvalue weighted by Crippen LogP contribution is -2.00. The van der Waals surface area contributed by atoms with Gasteiger partial charge in [0.25, 0.3) is 0 Å². The van der Waals surface area contributed by atoms with Crippen molar-refractivity contribution in [3.05, 3.63) is 53.6 Å². The highest BCUT2D eigenvalue weighted by Gasteiger charge is 2.13. The molecule has 0 heterocycles. The van der Waals surface area contributed by atoms with Crippen LogP contribution in [0.5, 0.6) is 17.2 Å². The Morgan fingerprint density at radius 2 is 1.73 bits per heavy atom. The van der Waals surface area contributed by atoms with E-state index in [-0.39, 0.29) is 11.3 Å². The molecule has 2 aromatic carbocycles. The summed E-state index contributed by atoms with van der Waals surface area (Å²) < 4.78 is 10.4. The Labute approximate surface area is 128 Å². The molecule has 5 heteroatoms. The Morgan fingerprint density at radius 1 is 1.05 bits per heavy atom. The third-order valence-corrected chi connectivity index (χ3v) is 3.15. The molecule has 0 amide bonds. The van der Waals surface area contributed by atoms with Gasteiger partial charge in [-0.05, 0) is 42.0 Å². The molecular formula is C17H16O5. The highest BCUT2D eigenvalue weighted by atomic mass is 16.5. The third kappa shape index (κ3) is 3.38. The zero-order valence-corrected chi connectivity index (χ0v) is 12.2. The van der Waals surface area contributed by atoms with Crippen LogP contribution < -0.4 is 9.47 Å². The Hall–Kier alpha value is -2.95. The average molecular weight is 300 g/mol. The zero-order valence-electron chi connectivity index (χ0n) is 12.2. The van der Waals surface area contributed by atoms with E-state index in [1.807, 2.05) is 0 Å². The molecule has 22 heavy (non-hydrogen) atoms. The standard InChI is InChI=1S/C17H16O5/c1-21-14-7-8-16(22-2)12(9-14)10-15(17(19)20)11-3-5-13(18)6-4-11/h3-10,18H,1-2H3,(H,19,20)/b15-10-. The van der Waals surface area contributed by atoms with Crippen molar-refractivity contribution < 1.29 is 24.5 Å². The van der Waals surface area contributed by atoms with Crippen LogP contribution in [0.2, 0.25) is 0 Å². The predicted octanol–water partition coefficient (Wildman–Crippen LogP) is 3.03. The SMILES string of the molecule is COc1ccc(OC)c(/C=C(\C(=O)O)c2ccc(O)cc2)c1. The number of methoxy groups -OCH3 is 2. The van der Waals surface area contributed by atoms with Crippen LogP contribution in [0.25, 0.3) is 11.6 Å². The van der Waals surface area contributed by atoms with E-state index in [2.05, 4.69) is 0 Å². The quantitative estimate of drug-likeness (QED) is 0.655. The molecule has 0 unspecified atom stereocenters. The summed E-state index contributed by atoms with van der Waals surface area (Å²) >= 11 is 0.